The summed E-state index contributed by atoms with van der Waals surface area (Å²) in [5, 5.41) is 24.1. The summed E-state index contributed by atoms with van der Waals surface area (Å²) in [4.78, 5) is 6.37. The summed E-state index contributed by atoms with van der Waals surface area (Å²) in [5.74, 6) is -0.725. The lowest BCUT2D eigenvalue weighted by molar-refractivity contribution is -0.0315. The Kier molecular flexibility index (Phi) is 6.92. The summed E-state index contributed by atoms with van der Waals surface area (Å²) >= 11 is 0. The molecule has 0 amide bonds. The Morgan fingerprint density at radius 3 is 2.78 bits per heavy atom. The largest absolute Gasteiger partial charge is 0.374 e. The molecule has 0 spiro atoms. The molecular weight excluding hydrogens is 292 g/mol. The van der Waals surface area contributed by atoms with E-state index in [1.165, 1.54) is 5.56 Å². The molecule has 1 fully saturated rings. The lowest BCUT2D eigenvalue weighted by atomic mass is 10.1. The van der Waals surface area contributed by atoms with Crippen LogP contribution in [0.4, 0.5) is 0 Å². The molecule has 0 radical (unpaired) electrons. The van der Waals surface area contributed by atoms with E-state index in [1.54, 1.807) is 19.4 Å². The first-order valence-corrected chi connectivity index (χ1v) is 7.69. The van der Waals surface area contributed by atoms with E-state index in [9.17, 15) is 0 Å². The van der Waals surface area contributed by atoms with Crippen LogP contribution in [0.2, 0.25) is 0 Å². The fraction of sp³-hybridized carbons (Fsp3) is 0.562. The summed E-state index contributed by atoms with van der Waals surface area (Å²) in [5.41, 5.74) is 1.23. The van der Waals surface area contributed by atoms with Crippen molar-refractivity contribution in [2.24, 2.45) is 5.92 Å². The number of rotatable bonds is 7. The highest BCUT2D eigenvalue weighted by molar-refractivity contribution is 5.09. The third-order valence-corrected chi connectivity index (χ3v) is 3.87. The maximum Gasteiger partial charge on any atom is 0.161 e. The first-order chi connectivity index (χ1) is 11.3. The van der Waals surface area contributed by atoms with E-state index >= 15 is 0 Å². The molecule has 2 rings (SSSR count). The van der Waals surface area contributed by atoms with Crippen molar-refractivity contribution < 1.29 is 4.74 Å². The summed E-state index contributed by atoms with van der Waals surface area (Å²) < 4.78 is 5.78. The minimum atomic E-state index is -0.725. The van der Waals surface area contributed by atoms with Gasteiger partial charge in [-0.3, -0.25) is 15.2 Å². The number of nitrogens with one attached hydrogen (secondary N) is 2. The molecule has 1 aliphatic heterocycles. The van der Waals surface area contributed by atoms with Crippen LogP contribution < -0.4 is 10.6 Å². The van der Waals surface area contributed by atoms with Crippen LogP contribution in [0.1, 0.15) is 5.56 Å². The van der Waals surface area contributed by atoms with Crippen LogP contribution in [0.3, 0.4) is 0 Å². The lowest BCUT2D eigenvalue weighted by Gasteiger charge is -2.34. The van der Waals surface area contributed by atoms with Crippen LogP contribution >= 0.6 is 0 Å². The number of morpholine rings is 1. The van der Waals surface area contributed by atoms with Crippen molar-refractivity contribution >= 4 is 0 Å². The molecule has 23 heavy (non-hydrogen) atoms. The summed E-state index contributed by atoms with van der Waals surface area (Å²) in [7, 11) is 1.73. The molecule has 7 heteroatoms. The van der Waals surface area contributed by atoms with E-state index in [-0.39, 0.29) is 12.3 Å². The van der Waals surface area contributed by atoms with E-state index < -0.39 is 5.92 Å². The van der Waals surface area contributed by atoms with E-state index in [0.717, 1.165) is 19.6 Å². The third-order valence-electron chi connectivity index (χ3n) is 3.87. The molecule has 2 atom stereocenters. The van der Waals surface area contributed by atoms with Gasteiger partial charge >= 0.3 is 0 Å². The van der Waals surface area contributed by atoms with Crippen molar-refractivity contribution in [3.8, 4) is 12.1 Å². The molecule has 0 bridgehead atoms. The van der Waals surface area contributed by atoms with Crippen LogP contribution in [-0.2, 0) is 11.3 Å². The van der Waals surface area contributed by atoms with Gasteiger partial charge in [0.25, 0.3) is 0 Å². The molecule has 7 nitrogen and oxygen atoms in total. The summed E-state index contributed by atoms with van der Waals surface area (Å²) in [6.45, 7) is 3.86. The van der Waals surface area contributed by atoms with Crippen molar-refractivity contribution in [2.75, 3.05) is 33.3 Å². The van der Waals surface area contributed by atoms with Gasteiger partial charge in [0.2, 0.25) is 0 Å². The highest BCUT2D eigenvalue weighted by atomic mass is 16.5. The van der Waals surface area contributed by atoms with E-state index in [4.69, 9.17) is 15.3 Å². The van der Waals surface area contributed by atoms with Crippen LogP contribution in [0, 0.1) is 28.6 Å². The van der Waals surface area contributed by atoms with Crippen LogP contribution in [0.5, 0.6) is 0 Å². The van der Waals surface area contributed by atoms with Crippen LogP contribution in [-0.4, -0.2) is 55.4 Å². The smallest absolute Gasteiger partial charge is 0.161 e. The predicted molar refractivity (Wildman–Crippen MR) is 84.8 cm³/mol. The first kappa shape index (κ1) is 17.3. The fourth-order valence-electron chi connectivity index (χ4n) is 2.62. The Labute approximate surface area is 136 Å². The number of hydrogen-bond donors (Lipinski definition) is 2. The van der Waals surface area contributed by atoms with Gasteiger partial charge in [-0.25, -0.2) is 0 Å². The molecule has 1 aliphatic rings. The van der Waals surface area contributed by atoms with Crippen molar-refractivity contribution in [3.63, 3.8) is 0 Å². The van der Waals surface area contributed by atoms with Crippen molar-refractivity contribution in [1.82, 2.24) is 20.5 Å². The number of ether oxygens (including phenoxy) is 1. The maximum atomic E-state index is 8.97. The molecule has 1 aromatic heterocycles. The quantitative estimate of drug-likeness (QED) is 0.688. The first-order valence-electron chi connectivity index (χ1n) is 7.69. The Morgan fingerprint density at radius 1 is 1.39 bits per heavy atom. The second-order valence-electron chi connectivity index (χ2n) is 5.49. The molecule has 0 aromatic carbocycles. The van der Waals surface area contributed by atoms with Crippen LogP contribution in [0.15, 0.2) is 24.5 Å². The van der Waals surface area contributed by atoms with Crippen LogP contribution in [0.25, 0.3) is 0 Å². The Morgan fingerprint density at radius 2 is 2.13 bits per heavy atom. The highest BCUT2D eigenvalue weighted by Crippen LogP contribution is 2.10. The Balaban J connectivity index is 1.82. The zero-order valence-corrected chi connectivity index (χ0v) is 13.3. The lowest BCUT2D eigenvalue weighted by Crippen LogP contribution is -2.52. The minimum Gasteiger partial charge on any atom is -0.374 e. The highest BCUT2D eigenvalue weighted by Gasteiger charge is 2.24. The van der Waals surface area contributed by atoms with Crippen molar-refractivity contribution in [2.45, 2.75) is 18.8 Å². The molecule has 0 aliphatic carbocycles. The maximum absolute atomic E-state index is 8.97. The molecular formula is C16H22N6O. The van der Waals surface area contributed by atoms with Gasteiger partial charge in [0.15, 0.2) is 5.92 Å². The summed E-state index contributed by atoms with van der Waals surface area (Å²) in [6, 6.07) is 8.01. The van der Waals surface area contributed by atoms with Crippen molar-refractivity contribution in [3.05, 3.63) is 30.1 Å². The third kappa shape index (κ3) is 5.27. The molecule has 1 aromatic rings. The topological polar surface area (TPSA) is 97.0 Å². The van der Waals surface area contributed by atoms with E-state index in [1.807, 2.05) is 24.3 Å². The normalized spacial score (nSPS) is 19.9. The average Bonchev–Trinajstić information content (AvgIpc) is 2.60. The zero-order chi connectivity index (χ0) is 16.5. The Hall–Kier alpha value is -2.03. The molecule has 122 valence electrons. The number of pyridine rings is 1. The fourth-order valence-corrected chi connectivity index (χ4v) is 2.62. The monoisotopic (exact) mass is 314 g/mol. The average molecular weight is 314 g/mol. The second-order valence-corrected chi connectivity index (χ2v) is 5.49. The van der Waals surface area contributed by atoms with Gasteiger partial charge in [-0.1, -0.05) is 0 Å². The Bertz CT molecular complexity index is 538. The van der Waals surface area contributed by atoms with Crippen molar-refractivity contribution in [1.29, 1.82) is 10.5 Å². The molecule has 0 saturated carbocycles. The van der Waals surface area contributed by atoms with E-state index in [2.05, 4.69) is 20.5 Å². The predicted octanol–water partition coefficient (Wildman–Crippen LogP) is 0.0809. The standard InChI is InChI=1S/C16H22N6O/c1-19-16(14(8-17)9-18)21-10-15-12-22(6-7-23-15)11-13-2-4-20-5-3-13/h2-5,14-16,19,21H,6-7,10-12H2,1H3. The number of aromatic nitrogens is 1. The molecule has 2 N–H and O–H groups in total. The van der Waals surface area contributed by atoms with Gasteiger partial charge in [0, 0.05) is 38.6 Å². The van der Waals surface area contributed by atoms with Gasteiger partial charge in [-0.2, -0.15) is 10.5 Å². The molecule has 1 saturated heterocycles. The van der Waals surface area contributed by atoms with Gasteiger partial charge in [0.05, 0.1) is 31.0 Å². The van der Waals surface area contributed by atoms with E-state index in [0.29, 0.717) is 13.2 Å². The van der Waals surface area contributed by atoms with Gasteiger partial charge < -0.3 is 10.1 Å². The minimum absolute atomic E-state index is 0.0412. The second kappa shape index (κ2) is 9.19. The SMILES string of the molecule is CNC(NCC1CN(Cc2ccncc2)CCO1)C(C#N)C#N. The number of nitrogens with zero attached hydrogens (tertiary/aromatic N) is 4. The van der Waals surface area contributed by atoms with Gasteiger partial charge in [-0.15, -0.1) is 0 Å². The van der Waals surface area contributed by atoms with Gasteiger partial charge in [-0.05, 0) is 24.7 Å². The molecule has 2 heterocycles. The zero-order valence-electron chi connectivity index (χ0n) is 13.3. The molecule has 2 unspecified atom stereocenters. The number of nitriles is 2. The van der Waals surface area contributed by atoms with Gasteiger partial charge in [0.1, 0.15) is 0 Å². The number of hydrogen-bond acceptors (Lipinski definition) is 7. The summed E-state index contributed by atoms with van der Waals surface area (Å²) in [6.07, 6.45) is 3.29.